The number of aromatic nitrogens is 1. The number of amides is 1. The van der Waals surface area contributed by atoms with Gasteiger partial charge in [-0.25, -0.2) is 4.79 Å². The lowest BCUT2D eigenvalue weighted by Gasteiger charge is -2.10. The number of rotatable bonds is 5. The van der Waals surface area contributed by atoms with Crippen LogP contribution in [0.5, 0.6) is 0 Å². The van der Waals surface area contributed by atoms with Crippen LogP contribution < -0.4 is 5.32 Å². The summed E-state index contributed by atoms with van der Waals surface area (Å²) in [4.78, 5) is 26.8. The van der Waals surface area contributed by atoms with E-state index in [1.54, 1.807) is 0 Å². The molecular formula is C13H16N2O4. The van der Waals surface area contributed by atoms with Crippen molar-refractivity contribution in [2.24, 2.45) is 0 Å². The Morgan fingerprint density at radius 2 is 2.21 bits per heavy atom. The summed E-state index contributed by atoms with van der Waals surface area (Å²) in [6.45, 7) is 0.928. The molecule has 0 radical (unpaired) electrons. The Labute approximate surface area is 111 Å². The van der Waals surface area contributed by atoms with Crippen LogP contribution in [-0.4, -0.2) is 42.7 Å². The molecule has 1 atom stereocenters. The second-order valence-corrected chi connectivity index (χ2v) is 4.25. The Hall–Kier alpha value is -1.95. The van der Waals surface area contributed by atoms with Gasteiger partial charge in [0.25, 0.3) is 5.91 Å². The van der Waals surface area contributed by atoms with Crippen LogP contribution in [0, 0.1) is 0 Å². The molecule has 6 heteroatoms. The third-order valence-corrected chi connectivity index (χ3v) is 2.80. The van der Waals surface area contributed by atoms with Crippen molar-refractivity contribution >= 4 is 11.9 Å². The monoisotopic (exact) mass is 264 g/mol. The lowest BCUT2D eigenvalue weighted by atomic mass is 10.2. The molecule has 1 N–H and O–H groups in total. The number of pyridine rings is 1. The first-order chi connectivity index (χ1) is 9.25. The summed E-state index contributed by atoms with van der Waals surface area (Å²) < 4.78 is 10.3. The molecule has 102 valence electrons. The third-order valence-electron chi connectivity index (χ3n) is 2.80. The minimum absolute atomic E-state index is 0.0832. The molecule has 1 aromatic heterocycles. The maximum Gasteiger partial charge on any atom is 0.338 e. The average Bonchev–Trinajstić information content (AvgIpc) is 2.96. The highest BCUT2D eigenvalue weighted by molar-refractivity contribution is 5.91. The number of nitrogens with zero attached hydrogens (tertiary/aromatic N) is 1. The molecule has 0 saturated carbocycles. The van der Waals surface area contributed by atoms with Crippen molar-refractivity contribution in [1.82, 2.24) is 10.3 Å². The fourth-order valence-corrected chi connectivity index (χ4v) is 1.79. The first-order valence-electron chi connectivity index (χ1n) is 6.21. The predicted octanol–water partition coefficient (Wildman–Crippen LogP) is 0.534. The van der Waals surface area contributed by atoms with Gasteiger partial charge < -0.3 is 14.8 Å². The van der Waals surface area contributed by atoms with Crippen LogP contribution >= 0.6 is 0 Å². The number of carbonyl (C=O) groups excluding carboxylic acids is 2. The van der Waals surface area contributed by atoms with E-state index in [1.165, 1.54) is 24.5 Å². The molecule has 1 aliphatic heterocycles. The van der Waals surface area contributed by atoms with Crippen LogP contribution in [0.15, 0.2) is 24.5 Å². The van der Waals surface area contributed by atoms with E-state index in [4.69, 9.17) is 9.47 Å². The molecule has 1 saturated heterocycles. The number of hydrogen-bond acceptors (Lipinski definition) is 5. The van der Waals surface area contributed by atoms with Crippen molar-refractivity contribution in [2.75, 3.05) is 19.8 Å². The van der Waals surface area contributed by atoms with Gasteiger partial charge in [-0.1, -0.05) is 0 Å². The summed E-state index contributed by atoms with van der Waals surface area (Å²) in [5, 5.41) is 2.68. The lowest BCUT2D eigenvalue weighted by molar-refractivity contribution is -0.124. The highest BCUT2D eigenvalue weighted by Gasteiger charge is 2.16. The fourth-order valence-electron chi connectivity index (χ4n) is 1.79. The molecule has 1 aliphatic rings. The Morgan fingerprint density at radius 1 is 1.42 bits per heavy atom. The number of carbonyl (C=O) groups is 2. The quantitative estimate of drug-likeness (QED) is 0.785. The smallest absolute Gasteiger partial charge is 0.338 e. The minimum Gasteiger partial charge on any atom is -0.452 e. The van der Waals surface area contributed by atoms with Gasteiger partial charge in [-0.3, -0.25) is 9.78 Å². The van der Waals surface area contributed by atoms with Gasteiger partial charge in [0.2, 0.25) is 0 Å². The first-order valence-corrected chi connectivity index (χ1v) is 6.21. The summed E-state index contributed by atoms with van der Waals surface area (Å²) in [6.07, 6.45) is 5.05. The van der Waals surface area contributed by atoms with Crippen LogP contribution in [0.4, 0.5) is 0 Å². The third kappa shape index (κ3) is 4.33. The van der Waals surface area contributed by atoms with Crippen LogP contribution in [0.1, 0.15) is 23.2 Å². The van der Waals surface area contributed by atoms with Crippen molar-refractivity contribution in [1.29, 1.82) is 0 Å². The summed E-state index contributed by atoms with van der Waals surface area (Å²) in [6, 6.07) is 3.07. The summed E-state index contributed by atoms with van der Waals surface area (Å²) >= 11 is 0. The normalized spacial score (nSPS) is 18.0. The van der Waals surface area contributed by atoms with Gasteiger partial charge >= 0.3 is 5.97 Å². The first kappa shape index (κ1) is 13.5. The zero-order valence-corrected chi connectivity index (χ0v) is 10.5. The van der Waals surface area contributed by atoms with Gasteiger partial charge in [0.05, 0.1) is 11.7 Å². The van der Waals surface area contributed by atoms with Crippen molar-refractivity contribution in [3.8, 4) is 0 Å². The van der Waals surface area contributed by atoms with Crippen molar-refractivity contribution in [3.05, 3.63) is 30.1 Å². The maximum absolute atomic E-state index is 11.6. The summed E-state index contributed by atoms with van der Waals surface area (Å²) in [7, 11) is 0. The van der Waals surface area contributed by atoms with Crippen LogP contribution in [0.2, 0.25) is 0 Å². The number of ether oxygens (including phenoxy) is 2. The van der Waals surface area contributed by atoms with Crippen LogP contribution in [0.3, 0.4) is 0 Å². The molecule has 0 bridgehead atoms. The van der Waals surface area contributed by atoms with Gasteiger partial charge in [-0.15, -0.1) is 0 Å². The fraction of sp³-hybridized carbons (Fsp3) is 0.462. The second-order valence-electron chi connectivity index (χ2n) is 4.25. The minimum atomic E-state index is -0.533. The SMILES string of the molecule is O=C(COC(=O)c1ccncc1)NC[C@@H]1CCCO1. The molecule has 1 amide bonds. The highest BCUT2D eigenvalue weighted by atomic mass is 16.5. The molecular weight excluding hydrogens is 248 g/mol. The molecule has 0 aliphatic carbocycles. The maximum atomic E-state index is 11.6. The van der Waals surface area contributed by atoms with E-state index in [2.05, 4.69) is 10.3 Å². The summed E-state index contributed by atoms with van der Waals surface area (Å²) in [5.41, 5.74) is 0.377. The average molecular weight is 264 g/mol. The summed E-state index contributed by atoms with van der Waals surface area (Å²) in [5.74, 6) is -0.854. The zero-order valence-electron chi connectivity index (χ0n) is 10.5. The zero-order chi connectivity index (χ0) is 13.5. The van der Waals surface area contributed by atoms with Gasteiger partial charge in [0.15, 0.2) is 6.61 Å². The largest absolute Gasteiger partial charge is 0.452 e. The van der Waals surface area contributed by atoms with Gasteiger partial charge in [0, 0.05) is 25.5 Å². The molecule has 19 heavy (non-hydrogen) atoms. The van der Waals surface area contributed by atoms with E-state index >= 15 is 0 Å². The molecule has 0 unspecified atom stereocenters. The topological polar surface area (TPSA) is 77.5 Å². The molecule has 1 aromatic rings. The number of esters is 1. The number of hydrogen-bond donors (Lipinski definition) is 1. The molecule has 2 rings (SSSR count). The lowest BCUT2D eigenvalue weighted by Crippen LogP contribution is -2.34. The van der Waals surface area contributed by atoms with Gasteiger partial charge in [0.1, 0.15) is 0 Å². The van der Waals surface area contributed by atoms with Gasteiger partial charge in [-0.05, 0) is 25.0 Å². The van der Waals surface area contributed by atoms with Crippen molar-refractivity contribution in [3.63, 3.8) is 0 Å². The Bertz CT molecular complexity index is 430. The molecule has 1 fully saturated rings. The van der Waals surface area contributed by atoms with Gasteiger partial charge in [-0.2, -0.15) is 0 Å². The predicted molar refractivity (Wildman–Crippen MR) is 66.5 cm³/mol. The van der Waals surface area contributed by atoms with Crippen molar-refractivity contribution in [2.45, 2.75) is 18.9 Å². The standard InChI is InChI=1S/C13H16N2O4/c16-12(15-8-11-2-1-7-18-11)9-19-13(17)10-3-5-14-6-4-10/h3-6,11H,1-2,7-9H2,(H,15,16)/t11-/m0/s1. The number of nitrogens with one attached hydrogen (secondary N) is 1. The van der Waals surface area contributed by atoms with E-state index in [0.29, 0.717) is 12.1 Å². The second kappa shape index (κ2) is 6.84. The van der Waals surface area contributed by atoms with Crippen molar-refractivity contribution < 1.29 is 19.1 Å². The molecule has 0 aromatic carbocycles. The van der Waals surface area contributed by atoms with E-state index in [0.717, 1.165) is 19.4 Å². The van der Waals surface area contributed by atoms with E-state index in [-0.39, 0.29) is 18.6 Å². The molecule has 2 heterocycles. The Kier molecular flexibility index (Phi) is 4.85. The van der Waals surface area contributed by atoms with Crippen LogP contribution in [-0.2, 0) is 14.3 Å². The Morgan fingerprint density at radius 3 is 2.89 bits per heavy atom. The van der Waals surface area contributed by atoms with Crippen LogP contribution in [0.25, 0.3) is 0 Å². The van der Waals surface area contributed by atoms with E-state index < -0.39 is 5.97 Å². The molecule has 0 spiro atoms. The highest BCUT2D eigenvalue weighted by Crippen LogP contribution is 2.10. The van der Waals surface area contributed by atoms with E-state index in [9.17, 15) is 9.59 Å². The Balaban J connectivity index is 1.67. The molecule has 6 nitrogen and oxygen atoms in total. The van der Waals surface area contributed by atoms with E-state index in [1.807, 2.05) is 0 Å².